The number of nitrogens with zero attached hydrogens (tertiary/aromatic N) is 1. The van der Waals surface area contributed by atoms with Gasteiger partial charge in [0.1, 0.15) is 0 Å². The quantitative estimate of drug-likeness (QED) is 0.788. The molecule has 1 aliphatic rings. The number of carbonyl (C=O) groups excluding carboxylic acids is 1. The van der Waals surface area contributed by atoms with Crippen molar-refractivity contribution in [3.63, 3.8) is 0 Å². The van der Waals surface area contributed by atoms with Crippen LogP contribution in [-0.4, -0.2) is 32.2 Å². The lowest BCUT2D eigenvalue weighted by molar-refractivity contribution is -0.137. The minimum absolute atomic E-state index is 0.308. The number of halogens is 3. The largest absolute Gasteiger partial charge is 0.416 e. The average Bonchev–Trinajstić information content (AvgIpc) is 2.71. The molecule has 1 N–H and O–H groups in total. The SMILES string of the molecule is O=C(/C=C\c1ccc(C(F)(F)F)cc1)NCc1ccc(N2CCOCC2)cc1. The van der Waals surface area contributed by atoms with Gasteiger partial charge in [-0.25, -0.2) is 0 Å². The number of hydrogen-bond acceptors (Lipinski definition) is 3. The molecule has 4 nitrogen and oxygen atoms in total. The van der Waals surface area contributed by atoms with Crippen LogP contribution in [0.15, 0.2) is 54.6 Å². The highest BCUT2D eigenvalue weighted by atomic mass is 19.4. The van der Waals surface area contributed by atoms with Crippen molar-refractivity contribution in [1.82, 2.24) is 5.32 Å². The predicted octanol–water partition coefficient (Wildman–Crippen LogP) is 3.87. The maximum atomic E-state index is 12.5. The van der Waals surface area contributed by atoms with Crippen molar-refractivity contribution in [3.8, 4) is 0 Å². The molecule has 2 aromatic rings. The summed E-state index contributed by atoms with van der Waals surface area (Å²) in [6, 6.07) is 12.6. The monoisotopic (exact) mass is 390 g/mol. The Labute approximate surface area is 161 Å². The van der Waals surface area contributed by atoms with Crippen LogP contribution in [0.4, 0.5) is 18.9 Å². The van der Waals surface area contributed by atoms with Gasteiger partial charge in [0.2, 0.25) is 5.91 Å². The number of hydrogen-bond donors (Lipinski definition) is 1. The molecule has 1 aliphatic heterocycles. The first kappa shape index (κ1) is 19.9. The molecule has 0 atom stereocenters. The van der Waals surface area contributed by atoms with Gasteiger partial charge in [-0.05, 0) is 41.5 Å². The van der Waals surface area contributed by atoms with Crippen molar-refractivity contribution in [2.24, 2.45) is 0 Å². The lowest BCUT2D eigenvalue weighted by atomic mass is 10.1. The van der Waals surface area contributed by atoms with Crippen LogP contribution in [0.2, 0.25) is 0 Å². The fraction of sp³-hybridized carbons (Fsp3) is 0.286. The van der Waals surface area contributed by atoms with Gasteiger partial charge >= 0.3 is 6.18 Å². The topological polar surface area (TPSA) is 41.6 Å². The number of ether oxygens (including phenoxy) is 1. The summed E-state index contributed by atoms with van der Waals surface area (Å²) in [6.45, 7) is 3.56. The fourth-order valence-electron chi connectivity index (χ4n) is 2.85. The zero-order chi connectivity index (χ0) is 20.0. The number of nitrogens with one attached hydrogen (secondary N) is 1. The number of carbonyl (C=O) groups is 1. The first-order chi connectivity index (χ1) is 13.4. The summed E-state index contributed by atoms with van der Waals surface area (Å²) in [5, 5.41) is 2.76. The second-order valence-electron chi connectivity index (χ2n) is 6.44. The summed E-state index contributed by atoms with van der Waals surface area (Å²) in [4.78, 5) is 14.2. The van der Waals surface area contributed by atoms with E-state index < -0.39 is 11.7 Å². The van der Waals surface area contributed by atoms with Crippen LogP contribution in [0.5, 0.6) is 0 Å². The minimum Gasteiger partial charge on any atom is -0.378 e. The van der Waals surface area contributed by atoms with Crippen LogP contribution in [0.25, 0.3) is 6.08 Å². The van der Waals surface area contributed by atoms with E-state index in [-0.39, 0.29) is 5.91 Å². The molecule has 148 valence electrons. The third-order valence-corrected chi connectivity index (χ3v) is 4.44. The van der Waals surface area contributed by atoms with Gasteiger partial charge in [0.05, 0.1) is 18.8 Å². The van der Waals surface area contributed by atoms with E-state index in [2.05, 4.69) is 10.2 Å². The molecule has 0 radical (unpaired) electrons. The molecule has 0 aromatic heterocycles. The smallest absolute Gasteiger partial charge is 0.378 e. The van der Waals surface area contributed by atoms with Crippen molar-refractivity contribution in [2.45, 2.75) is 12.7 Å². The Hall–Kier alpha value is -2.80. The first-order valence-electron chi connectivity index (χ1n) is 8.97. The summed E-state index contributed by atoms with van der Waals surface area (Å²) in [6.07, 6.45) is -1.57. The lowest BCUT2D eigenvalue weighted by Crippen LogP contribution is -2.36. The van der Waals surface area contributed by atoms with Crippen LogP contribution >= 0.6 is 0 Å². The lowest BCUT2D eigenvalue weighted by Gasteiger charge is -2.28. The molecule has 0 saturated carbocycles. The van der Waals surface area contributed by atoms with Gasteiger partial charge in [0.15, 0.2) is 0 Å². The molecule has 1 heterocycles. The van der Waals surface area contributed by atoms with E-state index in [0.717, 1.165) is 49.7 Å². The molecule has 0 bridgehead atoms. The number of benzene rings is 2. The predicted molar refractivity (Wildman–Crippen MR) is 102 cm³/mol. The van der Waals surface area contributed by atoms with Gasteiger partial charge in [-0.2, -0.15) is 13.2 Å². The van der Waals surface area contributed by atoms with Crippen molar-refractivity contribution < 1.29 is 22.7 Å². The van der Waals surface area contributed by atoms with Gasteiger partial charge < -0.3 is 15.0 Å². The Morgan fingerprint density at radius 3 is 2.29 bits per heavy atom. The molecule has 1 saturated heterocycles. The van der Waals surface area contributed by atoms with Gasteiger partial charge in [-0.1, -0.05) is 24.3 Å². The van der Waals surface area contributed by atoms with Gasteiger partial charge in [0, 0.05) is 31.4 Å². The number of alkyl halides is 3. The highest BCUT2D eigenvalue weighted by molar-refractivity contribution is 5.91. The van der Waals surface area contributed by atoms with Crippen molar-refractivity contribution in [1.29, 1.82) is 0 Å². The standard InChI is InChI=1S/C21H21F3N2O2/c22-21(23,24)18-6-1-16(2-7-18)5-10-20(27)25-15-17-3-8-19(9-4-17)26-11-13-28-14-12-26/h1-10H,11-15H2,(H,25,27)/b10-5-. The molecule has 28 heavy (non-hydrogen) atoms. The number of anilines is 1. The maximum Gasteiger partial charge on any atom is 0.416 e. The van der Waals surface area contributed by atoms with Gasteiger partial charge in [-0.3, -0.25) is 4.79 Å². The fourth-order valence-corrected chi connectivity index (χ4v) is 2.85. The van der Waals surface area contributed by atoms with E-state index in [1.54, 1.807) is 0 Å². The molecule has 2 aromatic carbocycles. The van der Waals surface area contributed by atoms with E-state index in [1.165, 1.54) is 24.3 Å². The van der Waals surface area contributed by atoms with Crippen molar-refractivity contribution >= 4 is 17.7 Å². The Kier molecular flexibility index (Phi) is 6.36. The highest BCUT2D eigenvalue weighted by Gasteiger charge is 2.29. The van der Waals surface area contributed by atoms with E-state index in [0.29, 0.717) is 12.1 Å². The van der Waals surface area contributed by atoms with E-state index in [4.69, 9.17) is 4.74 Å². The Balaban J connectivity index is 1.49. The van der Waals surface area contributed by atoms with Crippen LogP contribution in [0.1, 0.15) is 16.7 Å². The Morgan fingerprint density at radius 1 is 1.04 bits per heavy atom. The highest BCUT2D eigenvalue weighted by Crippen LogP contribution is 2.29. The van der Waals surface area contributed by atoms with Gasteiger partial charge in [-0.15, -0.1) is 0 Å². The molecule has 3 rings (SSSR count). The van der Waals surface area contributed by atoms with Crippen LogP contribution < -0.4 is 10.2 Å². The molecule has 0 spiro atoms. The average molecular weight is 390 g/mol. The minimum atomic E-state index is -4.36. The number of rotatable bonds is 5. The summed E-state index contributed by atoms with van der Waals surface area (Å²) in [5.74, 6) is -0.308. The molecule has 1 fully saturated rings. The summed E-state index contributed by atoms with van der Waals surface area (Å²) < 4.78 is 42.9. The molecular weight excluding hydrogens is 369 g/mol. The normalized spacial score (nSPS) is 15.0. The number of morpholine rings is 1. The van der Waals surface area contributed by atoms with Crippen LogP contribution in [0, 0.1) is 0 Å². The van der Waals surface area contributed by atoms with Crippen LogP contribution in [-0.2, 0) is 22.3 Å². The summed E-state index contributed by atoms with van der Waals surface area (Å²) in [5.41, 5.74) is 1.90. The molecule has 7 heteroatoms. The Morgan fingerprint density at radius 2 is 1.68 bits per heavy atom. The van der Waals surface area contributed by atoms with Crippen molar-refractivity contribution in [2.75, 3.05) is 31.2 Å². The number of amides is 1. The van der Waals surface area contributed by atoms with E-state index in [1.807, 2.05) is 24.3 Å². The molecule has 0 aliphatic carbocycles. The molecule has 0 unspecified atom stereocenters. The van der Waals surface area contributed by atoms with E-state index in [9.17, 15) is 18.0 Å². The third kappa shape index (κ3) is 5.60. The second-order valence-corrected chi connectivity index (χ2v) is 6.44. The second kappa shape index (κ2) is 8.93. The van der Waals surface area contributed by atoms with Crippen LogP contribution in [0.3, 0.4) is 0 Å². The molecular formula is C21H21F3N2O2. The Bertz CT molecular complexity index is 809. The molecule has 1 amide bonds. The first-order valence-corrected chi connectivity index (χ1v) is 8.97. The third-order valence-electron chi connectivity index (χ3n) is 4.44. The summed E-state index contributed by atoms with van der Waals surface area (Å²) >= 11 is 0. The maximum absolute atomic E-state index is 12.5. The van der Waals surface area contributed by atoms with Gasteiger partial charge in [0.25, 0.3) is 0 Å². The zero-order valence-corrected chi connectivity index (χ0v) is 15.2. The van der Waals surface area contributed by atoms with Crippen molar-refractivity contribution in [3.05, 3.63) is 71.3 Å². The van der Waals surface area contributed by atoms with E-state index >= 15 is 0 Å². The zero-order valence-electron chi connectivity index (χ0n) is 15.2. The summed E-state index contributed by atoms with van der Waals surface area (Å²) in [7, 11) is 0.